The van der Waals surface area contributed by atoms with E-state index in [-0.39, 0.29) is 12.2 Å². The summed E-state index contributed by atoms with van der Waals surface area (Å²) in [5.41, 5.74) is 11.9. The molecule has 1 aliphatic carbocycles. The van der Waals surface area contributed by atoms with Crippen LogP contribution in [0.15, 0.2) is 59.1 Å². The zero-order valence-corrected chi connectivity index (χ0v) is 17.0. The third-order valence-electron chi connectivity index (χ3n) is 6.15. The van der Waals surface area contributed by atoms with Crippen molar-refractivity contribution in [3.8, 4) is 17.1 Å². The minimum Gasteiger partial charge on any atom is -0.443 e. The molecule has 7 nitrogen and oxygen atoms in total. The quantitative estimate of drug-likeness (QED) is 0.546. The third-order valence-corrected chi connectivity index (χ3v) is 6.15. The van der Waals surface area contributed by atoms with E-state index >= 15 is 0 Å². The fourth-order valence-corrected chi connectivity index (χ4v) is 4.60. The van der Waals surface area contributed by atoms with Gasteiger partial charge in [-0.15, -0.1) is 0 Å². The number of aryl methyl sites for hydroxylation is 2. The molecule has 31 heavy (non-hydrogen) atoms. The Morgan fingerprint density at radius 2 is 1.97 bits per heavy atom. The van der Waals surface area contributed by atoms with Gasteiger partial charge >= 0.3 is 6.09 Å². The molecule has 1 unspecified atom stereocenters. The molecule has 1 aliphatic heterocycles. The van der Waals surface area contributed by atoms with Crippen molar-refractivity contribution in [2.45, 2.75) is 25.4 Å². The Morgan fingerprint density at radius 1 is 1.10 bits per heavy atom. The highest BCUT2D eigenvalue weighted by Crippen LogP contribution is 2.37. The van der Waals surface area contributed by atoms with E-state index in [1.54, 1.807) is 4.90 Å². The van der Waals surface area contributed by atoms with Gasteiger partial charge in [0.2, 0.25) is 5.88 Å². The summed E-state index contributed by atoms with van der Waals surface area (Å²) in [6, 6.07) is 16.1. The molecule has 0 saturated carbocycles. The molecule has 2 N–H and O–H groups in total. The van der Waals surface area contributed by atoms with Gasteiger partial charge in [-0.25, -0.2) is 4.79 Å². The van der Waals surface area contributed by atoms with Crippen LogP contribution in [-0.2, 0) is 17.6 Å². The van der Waals surface area contributed by atoms with E-state index in [9.17, 15) is 4.79 Å². The minimum absolute atomic E-state index is 0.257. The lowest BCUT2D eigenvalue weighted by atomic mass is 10.0. The number of aromatic nitrogens is 2. The summed E-state index contributed by atoms with van der Waals surface area (Å²) in [6.45, 7) is 0.809. The Balaban J connectivity index is 1.44. The standard InChI is InChI=1S/C24H22N4O3/c25-12-19-14-27(24(29)30-19)18-8-9-20-15(10-18)5-3-6-17-13-26-28(23(17)20)22-11-16-4-1-2-7-21(16)31-22/h1-2,4,7-11,13,19H,3,5-6,12,14,25H2. The number of nitrogens with zero attached hydrogens (tertiary/aromatic N) is 3. The van der Waals surface area contributed by atoms with Crippen molar-refractivity contribution < 1.29 is 13.9 Å². The third kappa shape index (κ3) is 2.92. The lowest BCUT2D eigenvalue weighted by Crippen LogP contribution is -2.27. The molecule has 4 aromatic rings. The molecule has 0 bridgehead atoms. The van der Waals surface area contributed by atoms with Crippen LogP contribution >= 0.6 is 0 Å². The highest BCUT2D eigenvalue weighted by molar-refractivity contribution is 5.90. The van der Waals surface area contributed by atoms with Crippen molar-refractivity contribution in [2.24, 2.45) is 5.73 Å². The first-order valence-corrected chi connectivity index (χ1v) is 10.6. The molecule has 2 aromatic carbocycles. The van der Waals surface area contributed by atoms with Crippen molar-refractivity contribution >= 4 is 22.7 Å². The molecule has 156 valence electrons. The second-order valence-corrected chi connectivity index (χ2v) is 8.10. The topological polar surface area (TPSA) is 86.5 Å². The van der Waals surface area contributed by atoms with Gasteiger partial charge in [-0.1, -0.05) is 24.3 Å². The number of furan rings is 1. The number of fused-ring (bicyclic) bond motifs is 4. The summed E-state index contributed by atoms with van der Waals surface area (Å²) in [6.07, 6.45) is 4.24. The number of benzene rings is 2. The first kappa shape index (κ1) is 18.2. The monoisotopic (exact) mass is 414 g/mol. The predicted octanol–water partition coefficient (Wildman–Crippen LogP) is 4.06. The van der Waals surface area contributed by atoms with E-state index in [0.717, 1.165) is 47.2 Å². The summed E-state index contributed by atoms with van der Waals surface area (Å²) >= 11 is 0. The second kappa shape index (κ2) is 6.99. The van der Waals surface area contributed by atoms with Gasteiger partial charge in [0.15, 0.2) is 0 Å². The minimum atomic E-state index is -0.336. The van der Waals surface area contributed by atoms with Gasteiger partial charge in [-0.3, -0.25) is 4.90 Å². The van der Waals surface area contributed by atoms with Crippen LogP contribution < -0.4 is 10.6 Å². The van der Waals surface area contributed by atoms with Gasteiger partial charge in [-0.05, 0) is 48.6 Å². The lowest BCUT2D eigenvalue weighted by Gasteiger charge is -2.16. The number of rotatable bonds is 3. The van der Waals surface area contributed by atoms with Crippen LogP contribution in [0.3, 0.4) is 0 Å². The van der Waals surface area contributed by atoms with E-state index in [1.807, 2.05) is 47.3 Å². The Morgan fingerprint density at radius 3 is 2.81 bits per heavy atom. The van der Waals surface area contributed by atoms with E-state index in [1.165, 1.54) is 11.1 Å². The summed E-state index contributed by atoms with van der Waals surface area (Å²) in [5.74, 6) is 0.702. The van der Waals surface area contributed by atoms with Gasteiger partial charge in [0.1, 0.15) is 11.7 Å². The van der Waals surface area contributed by atoms with Gasteiger partial charge in [0, 0.05) is 29.2 Å². The van der Waals surface area contributed by atoms with Crippen molar-refractivity contribution in [3.63, 3.8) is 0 Å². The molecule has 7 heteroatoms. The smallest absolute Gasteiger partial charge is 0.414 e. The summed E-state index contributed by atoms with van der Waals surface area (Å²) in [7, 11) is 0. The van der Waals surface area contributed by atoms with Crippen LogP contribution in [0.5, 0.6) is 0 Å². The number of nitrogens with two attached hydrogens (primary N) is 1. The number of hydrogen-bond acceptors (Lipinski definition) is 5. The Kier molecular flexibility index (Phi) is 4.11. The molecular weight excluding hydrogens is 392 g/mol. The van der Waals surface area contributed by atoms with Crippen LogP contribution in [0, 0.1) is 0 Å². The molecule has 1 atom stereocenters. The van der Waals surface area contributed by atoms with Crippen molar-refractivity contribution in [3.05, 3.63) is 65.9 Å². The Labute approximate surface area is 179 Å². The average Bonchev–Trinajstić information content (AvgIpc) is 3.47. The Hall–Kier alpha value is -3.58. The number of hydrogen-bond donors (Lipinski definition) is 1. The SMILES string of the molecule is NCC1CN(c2ccc3c(c2)CCCc2cnn(-c4cc5ccccc5o4)c2-3)C(=O)O1. The van der Waals surface area contributed by atoms with Crippen molar-refractivity contribution in [2.75, 3.05) is 18.0 Å². The maximum absolute atomic E-state index is 12.3. The number of carbonyl (C=O) groups excluding carboxylic acids is 1. The molecule has 3 heterocycles. The summed E-state index contributed by atoms with van der Waals surface area (Å²) in [5, 5.41) is 5.71. The number of cyclic esters (lactones) is 1. The van der Waals surface area contributed by atoms with Crippen molar-refractivity contribution in [1.29, 1.82) is 0 Å². The van der Waals surface area contributed by atoms with E-state index in [4.69, 9.17) is 14.9 Å². The van der Waals surface area contributed by atoms with Crippen molar-refractivity contribution in [1.82, 2.24) is 9.78 Å². The van der Waals surface area contributed by atoms with Crippen LogP contribution in [-0.4, -0.2) is 35.1 Å². The predicted molar refractivity (Wildman–Crippen MR) is 117 cm³/mol. The maximum Gasteiger partial charge on any atom is 0.414 e. The van der Waals surface area contributed by atoms with Crippen LogP contribution in [0.25, 0.3) is 28.1 Å². The van der Waals surface area contributed by atoms with Gasteiger partial charge < -0.3 is 14.9 Å². The zero-order chi connectivity index (χ0) is 20.9. The van der Waals surface area contributed by atoms with E-state index in [2.05, 4.69) is 17.2 Å². The molecule has 0 radical (unpaired) electrons. The fraction of sp³-hybridized carbons (Fsp3) is 0.250. The molecule has 0 spiro atoms. The molecular formula is C24H22N4O3. The summed E-state index contributed by atoms with van der Waals surface area (Å²) < 4.78 is 13.3. The molecule has 2 aliphatic rings. The maximum atomic E-state index is 12.3. The normalized spacial score (nSPS) is 18.0. The van der Waals surface area contributed by atoms with Crippen LogP contribution in [0.2, 0.25) is 0 Å². The first-order valence-electron chi connectivity index (χ1n) is 10.6. The highest BCUT2D eigenvalue weighted by Gasteiger charge is 2.32. The summed E-state index contributed by atoms with van der Waals surface area (Å²) in [4.78, 5) is 13.9. The molecule has 1 saturated heterocycles. The largest absolute Gasteiger partial charge is 0.443 e. The number of carbonyl (C=O) groups is 1. The van der Waals surface area contributed by atoms with Gasteiger partial charge in [0.25, 0.3) is 0 Å². The molecule has 6 rings (SSSR count). The lowest BCUT2D eigenvalue weighted by molar-refractivity contribution is 0.145. The van der Waals surface area contributed by atoms with Crippen LogP contribution in [0.1, 0.15) is 17.5 Å². The van der Waals surface area contributed by atoms with Crippen LogP contribution in [0.4, 0.5) is 10.5 Å². The number of ether oxygens (including phenoxy) is 1. The molecule has 2 aromatic heterocycles. The van der Waals surface area contributed by atoms with Gasteiger partial charge in [0.05, 0.1) is 18.4 Å². The highest BCUT2D eigenvalue weighted by atomic mass is 16.6. The number of amides is 1. The zero-order valence-electron chi connectivity index (χ0n) is 17.0. The number of anilines is 1. The first-order chi connectivity index (χ1) is 15.2. The van der Waals surface area contributed by atoms with Gasteiger partial charge in [-0.2, -0.15) is 9.78 Å². The van der Waals surface area contributed by atoms with E-state index in [0.29, 0.717) is 19.0 Å². The second-order valence-electron chi connectivity index (χ2n) is 8.10. The number of para-hydroxylation sites is 1. The molecule has 1 fully saturated rings. The Bertz CT molecular complexity index is 1270. The fourth-order valence-electron chi connectivity index (χ4n) is 4.60. The van der Waals surface area contributed by atoms with E-state index < -0.39 is 0 Å². The molecule has 1 amide bonds. The average molecular weight is 414 g/mol.